The summed E-state index contributed by atoms with van der Waals surface area (Å²) < 4.78 is 5.31. The molecule has 0 aromatic heterocycles. The van der Waals surface area contributed by atoms with E-state index in [1.165, 1.54) is 12.1 Å². The second-order valence-electron chi connectivity index (χ2n) is 4.69. The average Bonchev–Trinajstić information content (AvgIpc) is 2.36. The number of nitrogens with one attached hydrogen (secondary N) is 1. The van der Waals surface area contributed by atoms with Gasteiger partial charge in [-0.25, -0.2) is 0 Å². The molecule has 0 amide bonds. The van der Waals surface area contributed by atoms with Crippen molar-refractivity contribution in [2.75, 3.05) is 30.5 Å². The summed E-state index contributed by atoms with van der Waals surface area (Å²) in [5.41, 5.74) is -0.359. The Morgan fingerprint density at radius 1 is 1.50 bits per heavy atom. The summed E-state index contributed by atoms with van der Waals surface area (Å²) in [4.78, 5) is 10.4. The Hall–Kier alpha value is -1.47. The molecule has 1 rings (SSSR count). The van der Waals surface area contributed by atoms with Gasteiger partial charge in [-0.3, -0.25) is 10.1 Å². The molecule has 0 heterocycles. The largest absolute Gasteiger partial charge is 0.494 e. The maximum absolute atomic E-state index is 10.9. The first-order chi connectivity index (χ1) is 9.38. The molecule has 7 heteroatoms. The standard InChI is InChI=1S/C13H20N2O4S/c1-4-19-12-6-10(5-11(7-12)15(17)18)14-8-13(2,16)9-20-3/h5-7,14,16H,4,8-9H2,1-3H3. The second kappa shape index (κ2) is 7.35. The van der Waals surface area contributed by atoms with Crippen LogP contribution in [0.3, 0.4) is 0 Å². The molecule has 6 nitrogen and oxygen atoms in total. The highest BCUT2D eigenvalue weighted by Crippen LogP contribution is 2.26. The normalized spacial score (nSPS) is 13.6. The van der Waals surface area contributed by atoms with Crippen LogP contribution in [0, 0.1) is 10.1 Å². The lowest BCUT2D eigenvalue weighted by molar-refractivity contribution is -0.384. The molecule has 0 aliphatic heterocycles. The van der Waals surface area contributed by atoms with E-state index >= 15 is 0 Å². The number of thioether (sulfide) groups is 1. The smallest absolute Gasteiger partial charge is 0.275 e. The van der Waals surface area contributed by atoms with Crippen LogP contribution in [-0.2, 0) is 0 Å². The van der Waals surface area contributed by atoms with Gasteiger partial charge in [-0.2, -0.15) is 11.8 Å². The van der Waals surface area contributed by atoms with E-state index in [-0.39, 0.29) is 5.69 Å². The van der Waals surface area contributed by atoms with Crippen molar-refractivity contribution in [3.8, 4) is 5.75 Å². The summed E-state index contributed by atoms with van der Waals surface area (Å²) >= 11 is 1.54. The number of aliphatic hydroxyl groups is 1. The number of rotatable bonds is 8. The van der Waals surface area contributed by atoms with Gasteiger partial charge in [0.1, 0.15) is 5.75 Å². The summed E-state index contributed by atoms with van der Waals surface area (Å²) in [5, 5.41) is 24.0. The SMILES string of the molecule is CCOc1cc(NCC(C)(O)CSC)cc([N+](=O)[O-])c1. The van der Waals surface area contributed by atoms with Crippen molar-refractivity contribution >= 4 is 23.1 Å². The molecule has 0 spiro atoms. The summed E-state index contributed by atoms with van der Waals surface area (Å²) in [6, 6.07) is 4.50. The first-order valence-electron chi connectivity index (χ1n) is 6.25. The van der Waals surface area contributed by atoms with Gasteiger partial charge >= 0.3 is 0 Å². The Kier molecular flexibility index (Phi) is 6.09. The van der Waals surface area contributed by atoms with Crippen LogP contribution < -0.4 is 10.1 Å². The zero-order valence-electron chi connectivity index (χ0n) is 11.9. The number of nitro groups is 1. The van der Waals surface area contributed by atoms with Crippen LogP contribution in [-0.4, -0.2) is 40.8 Å². The predicted molar refractivity (Wildman–Crippen MR) is 81.8 cm³/mol. The van der Waals surface area contributed by atoms with E-state index in [2.05, 4.69) is 5.32 Å². The van der Waals surface area contributed by atoms with Crippen molar-refractivity contribution in [1.82, 2.24) is 0 Å². The molecular weight excluding hydrogens is 280 g/mol. The number of nitrogens with zero attached hydrogens (tertiary/aromatic N) is 1. The maximum atomic E-state index is 10.9. The average molecular weight is 300 g/mol. The van der Waals surface area contributed by atoms with Gasteiger partial charge in [0, 0.05) is 30.1 Å². The van der Waals surface area contributed by atoms with Gasteiger partial charge in [0.25, 0.3) is 5.69 Å². The fourth-order valence-electron chi connectivity index (χ4n) is 1.70. The second-order valence-corrected chi connectivity index (χ2v) is 5.56. The minimum Gasteiger partial charge on any atom is -0.494 e. The van der Waals surface area contributed by atoms with Crippen molar-refractivity contribution in [3.63, 3.8) is 0 Å². The molecule has 1 unspecified atom stereocenters. The fraction of sp³-hybridized carbons (Fsp3) is 0.538. The molecule has 0 radical (unpaired) electrons. The van der Waals surface area contributed by atoms with Gasteiger partial charge in [0.15, 0.2) is 0 Å². The Morgan fingerprint density at radius 3 is 2.75 bits per heavy atom. The number of hydrogen-bond acceptors (Lipinski definition) is 6. The van der Waals surface area contributed by atoms with Crippen LogP contribution in [0.4, 0.5) is 11.4 Å². The van der Waals surface area contributed by atoms with Crippen molar-refractivity contribution in [2.24, 2.45) is 0 Å². The van der Waals surface area contributed by atoms with Gasteiger partial charge in [0.2, 0.25) is 0 Å². The van der Waals surface area contributed by atoms with Crippen LogP contribution in [0.1, 0.15) is 13.8 Å². The number of hydrogen-bond donors (Lipinski definition) is 2. The van der Waals surface area contributed by atoms with Gasteiger partial charge in [-0.05, 0) is 20.1 Å². The van der Waals surface area contributed by atoms with Gasteiger partial charge in [-0.15, -0.1) is 0 Å². The summed E-state index contributed by atoms with van der Waals surface area (Å²) in [7, 11) is 0. The van der Waals surface area contributed by atoms with E-state index < -0.39 is 10.5 Å². The third kappa shape index (κ3) is 5.26. The number of ether oxygens (including phenoxy) is 1. The molecule has 0 saturated heterocycles. The molecule has 0 aliphatic carbocycles. The monoisotopic (exact) mass is 300 g/mol. The highest BCUT2D eigenvalue weighted by atomic mass is 32.2. The van der Waals surface area contributed by atoms with Crippen molar-refractivity contribution in [1.29, 1.82) is 0 Å². The molecule has 0 aliphatic rings. The Balaban J connectivity index is 2.85. The van der Waals surface area contributed by atoms with E-state index in [9.17, 15) is 15.2 Å². The topological polar surface area (TPSA) is 84.6 Å². The molecule has 1 aromatic carbocycles. The first-order valence-corrected chi connectivity index (χ1v) is 7.65. The zero-order chi connectivity index (χ0) is 15.2. The number of benzene rings is 1. The molecule has 112 valence electrons. The van der Waals surface area contributed by atoms with E-state index in [0.29, 0.717) is 30.3 Å². The van der Waals surface area contributed by atoms with E-state index in [1.807, 2.05) is 13.2 Å². The highest BCUT2D eigenvalue weighted by molar-refractivity contribution is 7.98. The predicted octanol–water partition coefficient (Wildman–Crippen LogP) is 2.52. The molecule has 20 heavy (non-hydrogen) atoms. The zero-order valence-corrected chi connectivity index (χ0v) is 12.7. The van der Waals surface area contributed by atoms with Crippen LogP contribution >= 0.6 is 11.8 Å². The van der Waals surface area contributed by atoms with Gasteiger partial charge < -0.3 is 15.2 Å². The molecule has 1 atom stereocenters. The van der Waals surface area contributed by atoms with E-state index in [0.717, 1.165) is 0 Å². The first kappa shape index (κ1) is 16.6. The minimum atomic E-state index is -0.879. The molecular formula is C13H20N2O4S. The van der Waals surface area contributed by atoms with Crippen LogP contribution in [0.2, 0.25) is 0 Å². The number of nitro benzene ring substituents is 1. The lowest BCUT2D eigenvalue weighted by Crippen LogP contribution is -2.36. The lowest BCUT2D eigenvalue weighted by Gasteiger charge is -2.23. The summed E-state index contributed by atoms with van der Waals surface area (Å²) in [6.45, 7) is 4.28. The third-order valence-corrected chi connectivity index (χ3v) is 3.45. The molecule has 0 fully saturated rings. The van der Waals surface area contributed by atoms with Crippen LogP contribution in [0.15, 0.2) is 18.2 Å². The highest BCUT2D eigenvalue weighted by Gasteiger charge is 2.20. The number of anilines is 1. The van der Waals surface area contributed by atoms with Crippen molar-refractivity contribution in [3.05, 3.63) is 28.3 Å². The fourth-order valence-corrected chi connectivity index (χ4v) is 2.42. The third-order valence-electron chi connectivity index (χ3n) is 2.54. The summed E-state index contributed by atoms with van der Waals surface area (Å²) in [6.07, 6.45) is 1.91. The maximum Gasteiger partial charge on any atom is 0.275 e. The van der Waals surface area contributed by atoms with E-state index in [4.69, 9.17) is 4.74 Å². The van der Waals surface area contributed by atoms with Gasteiger partial charge in [0.05, 0.1) is 23.2 Å². The minimum absolute atomic E-state index is 0.0389. The molecule has 0 bridgehead atoms. The lowest BCUT2D eigenvalue weighted by atomic mass is 10.1. The quantitative estimate of drug-likeness (QED) is 0.567. The molecule has 1 aromatic rings. The molecule has 2 N–H and O–H groups in total. The van der Waals surface area contributed by atoms with Crippen LogP contribution in [0.5, 0.6) is 5.75 Å². The Labute approximate surface area is 122 Å². The van der Waals surface area contributed by atoms with Crippen molar-refractivity contribution < 1.29 is 14.8 Å². The van der Waals surface area contributed by atoms with Crippen molar-refractivity contribution in [2.45, 2.75) is 19.4 Å². The number of non-ortho nitro benzene ring substituents is 1. The van der Waals surface area contributed by atoms with Crippen LogP contribution in [0.25, 0.3) is 0 Å². The Morgan fingerprint density at radius 2 is 2.20 bits per heavy atom. The molecule has 0 saturated carbocycles. The Bertz CT molecular complexity index is 466. The summed E-state index contributed by atoms with van der Waals surface area (Å²) in [5.74, 6) is 1.02. The van der Waals surface area contributed by atoms with E-state index in [1.54, 1.807) is 24.8 Å². The van der Waals surface area contributed by atoms with Gasteiger partial charge in [-0.1, -0.05) is 0 Å².